The molecule has 8 heteroatoms. The Hall–Kier alpha value is -3.00. The van der Waals surface area contributed by atoms with Gasteiger partial charge in [0, 0.05) is 12.1 Å². The number of carbonyl (C=O) groups excluding carboxylic acids is 2. The van der Waals surface area contributed by atoms with E-state index < -0.39 is 0 Å². The van der Waals surface area contributed by atoms with Crippen LogP contribution in [-0.2, 0) is 22.4 Å². The average molecular weight is 474 g/mol. The first-order valence-electron chi connectivity index (χ1n) is 12.7. The van der Waals surface area contributed by atoms with Crippen LogP contribution >= 0.6 is 0 Å². The minimum Gasteiger partial charge on any atom is -0.0491 e. The summed E-state index contributed by atoms with van der Waals surface area (Å²) in [6.45, 7) is 5.98. The molecule has 2 aliphatic rings. The molecule has 0 aliphatic carbocycles. The van der Waals surface area contributed by atoms with Crippen molar-refractivity contribution in [3.63, 3.8) is 0 Å². The zero-order valence-corrected chi connectivity index (χ0v) is 20.4. The van der Waals surface area contributed by atoms with Crippen LogP contribution in [0.5, 0.6) is 0 Å². The molecule has 2 heterocycles. The monoisotopic (exact) mass is 474 g/mol. The van der Waals surface area contributed by atoms with E-state index in [0.717, 1.165) is 58.4 Å². The van der Waals surface area contributed by atoms with Gasteiger partial charge in [-0.25, -0.2) is 0 Å². The zero-order valence-electron chi connectivity index (χ0n) is 20.4. The van der Waals surface area contributed by atoms with Gasteiger partial charge in [-0.05, 0) is 24.1 Å². The van der Waals surface area contributed by atoms with E-state index in [1.54, 1.807) is 0 Å². The second-order valence-corrected chi connectivity index (χ2v) is 9.30. The number of rotatable bonds is 7. The van der Waals surface area contributed by atoms with E-state index in [1.807, 2.05) is 47.4 Å². The van der Waals surface area contributed by atoms with Crippen LogP contribution in [0.25, 0.3) is 0 Å². The number of hydrogen-bond donors (Lipinski definition) is 1. The van der Waals surface area contributed by atoms with Crippen molar-refractivity contribution >= 4 is 19.1 Å². The number of amides is 2. The average Bonchev–Trinajstić information content (AvgIpc) is 3.04. The van der Waals surface area contributed by atoms with Crippen molar-refractivity contribution < 1.29 is 14.2 Å². The molecule has 2 aromatic carbocycles. The smallest absolute Gasteiger partial charge is 0.0491 e. The third kappa shape index (κ3) is 7.75. The van der Waals surface area contributed by atoms with Gasteiger partial charge in [0.15, 0.2) is 0 Å². The number of hydrogen-bond acceptors (Lipinski definition) is 5. The first-order valence-corrected chi connectivity index (χ1v) is 12.7. The van der Waals surface area contributed by atoms with E-state index in [-0.39, 0.29) is 17.7 Å². The molecule has 7 nitrogen and oxygen atoms in total. The SMILES string of the molecule is O=C(NCCc1ccccc1)c1ccc(CN2CCN(C(=O)C3CCCOB=NCC3)CC2)cc1. The van der Waals surface area contributed by atoms with Crippen molar-refractivity contribution in [2.24, 2.45) is 10.8 Å². The molecule has 2 aliphatic heterocycles. The van der Waals surface area contributed by atoms with Crippen LogP contribution in [-0.4, -0.2) is 74.8 Å². The minimum absolute atomic E-state index is 0.0400. The zero-order chi connectivity index (χ0) is 24.3. The molecule has 1 atom stereocenters. The van der Waals surface area contributed by atoms with E-state index in [4.69, 9.17) is 4.65 Å². The van der Waals surface area contributed by atoms with E-state index in [2.05, 4.69) is 27.2 Å². The Kier molecular flexibility index (Phi) is 9.46. The van der Waals surface area contributed by atoms with Gasteiger partial charge in [0.1, 0.15) is 0 Å². The molecular weight excluding hydrogens is 439 g/mol. The molecule has 1 fully saturated rings. The van der Waals surface area contributed by atoms with Gasteiger partial charge in [-0.15, -0.1) is 0 Å². The Morgan fingerprint density at radius 3 is 2.51 bits per heavy atom. The standard InChI is InChI=1S/C27H35BN4O3/c33-26(29-14-12-22-5-2-1-3-6-22)24-10-8-23(9-11-24)21-31-16-18-32(19-17-31)27(34)25-7-4-20-35-28-30-15-13-25/h1-3,5-6,8-11,25H,4,7,12-21H2,(H,29,33). The van der Waals surface area contributed by atoms with Gasteiger partial charge in [0.05, 0.1) is 0 Å². The van der Waals surface area contributed by atoms with Crippen LogP contribution in [0.15, 0.2) is 59.5 Å². The molecule has 4 rings (SSSR count). The summed E-state index contributed by atoms with van der Waals surface area (Å²) < 4.78 is 5.31. The topological polar surface area (TPSA) is 74.2 Å². The third-order valence-corrected chi connectivity index (χ3v) is 6.77. The fourth-order valence-corrected chi connectivity index (χ4v) is 4.66. The number of nitrogens with one attached hydrogen (secondary N) is 1. The molecule has 35 heavy (non-hydrogen) atoms. The predicted octanol–water partition coefficient (Wildman–Crippen LogP) is 2.92. The van der Waals surface area contributed by atoms with Crippen LogP contribution < -0.4 is 5.32 Å². The normalized spacial score (nSPS) is 19.0. The second kappa shape index (κ2) is 13.2. The van der Waals surface area contributed by atoms with E-state index >= 15 is 0 Å². The van der Waals surface area contributed by atoms with Crippen molar-refractivity contribution in [3.8, 4) is 0 Å². The molecular formula is C27H35BN4O3. The molecule has 1 unspecified atom stereocenters. The van der Waals surface area contributed by atoms with E-state index in [9.17, 15) is 9.59 Å². The van der Waals surface area contributed by atoms with Crippen LogP contribution in [0, 0.1) is 5.92 Å². The van der Waals surface area contributed by atoms with E-state index in [1.165, 1.54) is 18.4 Å². The van der Waals surface area contributed by atoms with Crippen molar-refractivity contribution in [2.45, 2.75) is 32.2 Å². The molecule has 0 radical (unpaired) electrons. The summed E-state index contributed by atoms with van der Waals surface area (Å²) in [5.74, 6) is 0.276. The minimum atomic E-state index is -0.0400. The Morgan fingerprint density at radius 1 is 0.971 bits per heavy atom. The first-order chi connectivity index (χ1) is 17.2. The van der Waals surface area contributed by atoms with Gasteiger partial charge < -0.3 is 5.32 Å². The van der Waals surface area contributed by atoms with Gasteiger partial charge in [0.25, 0.3) is 5.91 Å². The molecule has 0 aromatic heterocycles. The van der Waals surface area contributed by atoms with Crippen LogP contribution in [0.4, 0.5) is 0 Å². The number of nitrogens with zero attached hydrogens (tertiary/aromatic N) is 3. The van der Waals surface area contributed by atoms with Crippen LogP contribution in [0.3, 0.4) is 0 Å². The number of benzene rings is 2. The van der Waals surface area contributed by atoms with E-state index in [0.29, 0.717) is 25.3 Å². The second-order valence-electron chi connectivity index (χ2n) is 9.30. The van der Waals surface area contributed by atoms with Crippen molar-refractivity contribution in [1.82, 2.24) is 15.1 Å². The van der Waals surface area contributed by atoms with Crippen LogP contribution in [0.2, 0.25) is 0 Å². The summed E-state index contributed by atoms with van der Waals surface area (Å²) in [6.07, 6.45) is 3.38. The Morgan fingerprint density at radius 2 is 1.74 bits per heavy atom. The molecule has 0 bridgehead atoms. The molecule has 2 aromatic rings. The quantitative estimate of drug-likeness (QED) is 0.627. The van der Waals surface area contributed by atoms with Crippen molar-refractivity contribution in [1.29, 1.82) is 0 Å². The number of carbonyl (C=O) groups is 2. The summed E-state index contributed by atoms with van der Waals surface area (Å²) in [4.78, 5) is 34.1. The third-order valence-electron chi connectivity index (χ3n) is 6.77. The molecule has 0 saturated carbocycles. The van der Waals surface area contributed by atoms with Crippen molar-refractivity contribution in [3.05, 3.63) is 71.3 Å². The molecule has 184 valence electrons. The summed E-state index contributed by atoms with van der Waals surface area (Å²) >= 11 is 0. The maximum absolute atomic E-state index is 13.0. The molecule has 2 amide bonds. The predicted molar refractivity (Wildman–Crippen MR) is 137 cm³/mol. The Balaban J connectivity index is 1.19. The summed E-state index contributed by atoms with van der Waals surface area (Å²) in [5, 5.41) is 3.00. The molecule has 1 N–H and O–H groups in total. The molecule has 0 spiro atoms. The number of piperazine rings is 1. The van der Waals surface area contributed by atoms with Gasteiger partial charge in [-0.2, -0.15) is 0 Å². The maximum atomic E-state index is 13.0. The fraction of sp³-hybridized carbons (Fsp3) is 0.481. The first kappa shape index (κ1) is 25.1. The molecule has 1 saturated heterocycles. The van der Waals surface area contributed by atoms with Crippen LogP contribution in [0.1, 0.15) is 40.7 Å². The Labute approximate surface area is 208 Å². The summed E-state index contributed by atoms with van der Waals surface area (Å²) in [5.41, 5.74) is 3.08. The van der Waals surface area contributed by atoms with Gasteiger partial charge in [-0.3, -0.25) is 4.79 Å². The van der Waals surface area contributed by atoms with Crippen molar-refractivity contribution in [2.75, 3.05) is 45.9 Å². The fourth-order valence-electron chi connectivity index (χ4n) is 4.66. The van der Waals surface area contributed by atoms with Gasteiger partial charge >= 0.3 is 126 Å². The summed E-state index contributed by atoms with van der Waals surface area (Å²) in [7, 11) is 1.52. The summed E-state index contributed by atoms with van der Waals surface area (Å²) in [6, 6.07) is 18.0. The van der Waals surface area contributed by atoms with Gasteiger partial charge in [-0.1, -0.05) is 30.3 Å². The Bertz CT molecular complexity index is 976. The van der Waals surface area contributed by atoms with Gasteiger partial charge in [0.2, 0.25) is 0 Å².